The Morgan fingerprint density at radius 1 is 1.04 bits per heavy atom. The first kappa shape index (κ1) is 17.3. The number of nitrogens with one attached hydrogen (secondary N) is 2. The highest BCUT2D eigenvalue weighted by atomic mass is 16.5. The van der Waals surface area contributed by atoms with Gasteiger partial charge in [0.1, 0.15) is 0 Å². The zero-order valence-electron chi connectivity index (χ0n) is 14.1. The van der Waals surface area contributed by atoms with E-state index in [4.69, 9.17) is 4.74 Å². The molecule has 0 aliphatic rings. The standard InChI is InChI=1S/C19H27N3O/c1-3-20-19(22-14-15-23-4-2)21-13-12-17-10-7-9-16-8-5-6-11-18(16)17/h5-11H,3-4,12-15H2,1-2H3,(H2,20,21,22). The van der Waals surface area contributed by atoms with Crippen LogP contribution in [0.3, 0.4) is 0 Å². The van der Waals surface area contributed by atoms with Gasteiger partial charge in [-0.3, -0.25) is 4.99 Å². The van der Waals surface area contributed by atoms with E-state index in [9.17, 15) is 0 Å². The summed E-state index contributed by atoms with van der Waals surface area (Å²) >= 11 is 0. The molecular weight excluding hydrogens is 286 g/mol. The molecule has 0 atom stereocenters. The average molecular weight is 313 g/mol. The Morgan fingerprint density at radius 2 is 1.87 bits per heavy atom. The topological polar surface area (TPSA) is 45.7 Å². The molecule has 124 valence electrons. The lowest BCUT2D eigenvalue weighted by molar-refractivity contribution is 0.155. The van der Waals surface area contributed by atoms with Gasteiger partial charge in [0, 0.05) is 19.7 Å². The molecule has 0 fully saturated rings. The van der Waals surface area contributed by atoms with E-state index in [1.807, 2.05) is 6.92 Å². The van der Waals surface area contributed by atoms with Crippen molar-refractivity contribution in [3.8, 4) is 0 Å². The van der Waals surface area contributed by atoms with Crippen LogP contribution in [0.1, 0.15) is 19.4 Å². The highest BCUT2D eigenvalue weighted by Gasteiger charge is 2.01. The molecule has 4 nitrogen and oxygen atoms in total. The first-order valence-electron chi connectivity index (χ1n) is 8.41. The summed E-state index contributed by atoms with van der Waals surface area (Å²) in [5, 5.41) is 9.28. The molecule has 2 aromatic carbocycles. The summed E-state index contributed by atoms with van der Waals surface area (Å²) in [7, 11) is 0. The van der Waals surface area contributed by atoms with Gasteiger partial charge in [-0.25, -0.2) is 0 Å². The molecule has 23 heavy (non-hydrogen) atoms. The number of fused-ring (bicyclic) bond motifs is 1. The van der Waals surface area contributed by atoms with Gasteiger partial charge in [0.05, 0.1) is 13.2 Å². The van der Waals surface area contributed by atoms with Gasteiger partial charge in [-0.2, -0.15) is 0 Å². The van der Waals surface area contributed by atoms with E-state index in [1.165, 1.54) is 16.3 Å². The van der Waals surface area contributed by atoms with Gasteiger partial charge in [-0.1, -0.05) is 42.5 Å². The van der Waals surface area contributed by atoms with Crippen molar-refractivity contribution < 1.29 is 4.74 Å². The van der Waals surface area contributed by atoms with Crippen LogP contribution in [0.15, 0.2) is 47.5 Å². The monoisotopic (exact) mass is 313 g/mol. The van der Waals surface area contributed by atoms with E-state index in [0.717, 1.165) is 32.1 Å². The predicted molar refractivity (Wildman–Crippen MR) is 98.1 cm³/mol. The highest BCUT2D eigenvalue weighted by molar-refractivity contribution is 5.85. The van der Waals surface area contributed by atoms with Gasteiger partial charge in [0.2, 0.25) is 0 Å². The first-order valence-corrected chi connectivity index (χ1v) is 8.41. The third-order valence-corrected chi connectivity index (χ3v) is 3.62. The summed E-state index contributed by atoms with van der Waals surface area (Å²) in [4.78, 5) is 4.51. The lowest BCUT2D eigenvalue weighted by Gasteiger charge is -2.12. The number of hydrogen-bond donors (Lipinski definition) is 2. The normalized spacial score (nSPS) is 11.7. The maximum absolute atomic E-state index is 5.32. The number of ether oxygens (including phenoxy) is 1. The van der Waals surface area contributed by atoms with E-state index in [1.54, 1.807) is 0 Å². The quantitative estimate of drug-likeness (QED) is 0.447. The molecule has 0 saturated carbocycles. The molecule has 0 aliphatic heterocycles. The second-order valence-electron chi connectivity index (χ2n) is 5.27. The van der Waals surface area contributed by atoms with Gasteiger partial charge in [-0.05, 0) is 36.6 Å². The second-order valence-corrected chi connectivity index (χ2v) is 5.27. The Kier molecular flexibility index (Phi) is 7.40. The van der Waals surface area contributed by atoms with Crippen LogP contribution in [0.5, 0.6) is 0 Å². The van der Waals surface area contributed by atoms with Gasteiger partial charge in [-0.15, -0.1) is 0 Å². The van der Waals surface area contributed by atoms with E-state index < -0.39 is 0 Å². The summed E-state index contributed by atoms with van der Waals surface area (Å²) in [6.45, 7) is 7.86. The summed E-state index contributed by atoms with van der Waals surface area (Å²) in [5.74, 6) is 0.854. The molecule has 0 saturated heterocycles. The second kappa shape index (κ2) is 9.85. The minimum absolute atomic E-state index is 0.663. The van der Waals surface area contributed by atoms with Crippen molar-refractivity contribution in [2.45, 2.75) is 20.3 Å². The molecule has 0 heterocycles. The largest absolute Gasteiger partial charge is 0.380 e. The molecule has 0 unspecified atom stereocenters. The molecule has 4 heteroatoms. The molecule has 0 amide bonds. The molecular formula is C19H27N3O. The molecule has 0 radical (unpaired) electrons. The van der Waals surface area contributed by atoms with Crippen molar-refractivity contribution >= 4 is 16.7 Å². The SMILES string of the molecule is CCNC(=NCCOCC)NCCc1cccc2ccccc12. The summed E-state index contributed by atoms with van der Waals surface area (Å²) < 4.78 is 5.32. The number of aliphatic imine (C=N–C) groups is 1. The van der Waals surface area contributed by atoms with E-state index in [-0.39, 0.29) is 0 Å². The number of hydrogen-bond acceptors (Lipinski definition) is 2. The summed E-state index contributed by atoms with van der Waals surface area (Å²) in [6, 6.07) is 15.0. The third-order valence-electron chi connectivity index (χ3n) is 3.62. The lowest BCUT2D eigenvalue weighted by atomic mass is 10.0. The zero-order valence-corrected chi connectivity index (χ0v) is 14.1. The van der Waals surface area contributed by atoms with E-state index >= 15 is 0 Å². The molecule has 0 aromatic heterocycles. The van der Waals surface area contributed by atoms with Crippen LogP contribution in [-0.4, -0.2) is 38.8 Å². The first-order chi connectivity index (χ1) is 11.3. The van der Waals surface area contributed by atoms with E-state index in [0.29, 0.717) is 13.2 Å². The molecule has 2 N–H and O–H groups in total. The van der Waals surface area contributed by atoms with Gasteiger partial charge in [0.15, 0.2) is 5.96 Å². The minimum Gasteiger partial charge on any atom is -0.380 e. The lowest BCUT2D eigenvalue weighted by Crippen LogP contribution is -2.38. The molecule has 2 rings (SSSR count). The smallest absolute Gasteiger partial charge is 0.191 e. The van der Waals surface area contributed by atoms with Crippen molar-refractivity contribution in [1.82, 2.24) is 10.6 Å². The van der Waals surface area contributed by atoms with Crippen molar-refractivity contribution in [3.05, 3.63) is 48.0 Å². The van der Waals surface area contributed by atoms with Crippen LogP contribution in [0, 0.1) is 0 Å². The van der Waals surface area contributed by atoms with Crippen LogP contribution in [0.2, 0.25) is 0 Å². The van der Waals surface area contributed by atoms with Crippen LogP contribution < -0.4 is 10.6 Å². The maximum atomic E-state index is 5.32. The minimum atomic E-state index is 0.663. The van der Waals surface area contributed by atoms with Crippen LogP contribution in [0.25, 0.3) is 10.8 Å². The average Bonchev–Trinajstić information content (AvgIpc) is 2.59. The van der Waals surface area contributed by atoms with Crippen molar-refractivity contribution in [3.63, 3.8) is 0 Å². The molecule has 0 bridgehead atoms. The Balaban J connectivity index is 1.90. The van der Waals surface area contributed by atoms with Crippen LogP contribution in [0.4, 0.5) is 0 Å². The summed E-state index contributed by atoms with van der Waals surface area (Å²) in [6.07, 6.45) is 0.969. The fourth-order valence-corrected chi connectivity index (χ4v) is 2.53. The van der Waals surface area contributed by atoms with E-state index in [2.05, 4.69) is 65.0 Å². The highest BCUT2D eigenvalue weighted by Crippen LogP contribution is 2.18. The zero-order chi connectivity index (χ0) is 16.3. The van der Waals surface area contributed by atoms with Crippen molar-refractivity contribution in [2.75, 3.05) is 32.8 Å². The Bertz CT molecular complexity index is 620. The number of benzene rings is 2. The number of nitrogens with zero attached hydrogens (tertiary/aromatic N) is 1. The molecule has 2 aromatic rings. The summed E-state index contributed by atoms with van der Waals surface area (Å²) in [5.41, 5.74) is 1.36. The van der Waals surface area contributed by atoms with Gasteiger partial charge >= 0.3 is 0 Å². The Labute approximate surface area is 139 Å². The number of guanidine groups is 1. The third kappa shape index (κ3) is 5.57. The van der Waals surface area contributed by atoms with Gasteiger partial charge in [0.25, 0.3) is 0 Å². The van der Waals surface area contributed by atoms with Crippen LogP contribution >= 0.6 is 0 Å². The van der Waals surface area contributed by atoms with Crippen molar-refractivity contribution in [1.29, 1.82) is 0 Å². The fraction of sp³-hybridized carbons (Fsp3) is 0.421. The Morgan fingerprint density at radius 3 is 2.70 bits per heavy atom. The fourth-order valence-electron chi connectivity index (χ4n) is 2.53. The van der Waals surface area contributed by atoms with Crippen molar-refractivity contribution in [2.24, 2.45) is 4.99 Å². The number of rotatable bonds is 8. The van der Waals surface area contributed by atoms with Crippen LogP contribution in [-0.2, 0) is 11.2 Å². The maximum Gasteiger partial charge on any atom is 0.191 e. The van der Waals surface area contributed by atoms with Gasteiger partial charge < -0.3 is 15.4 Å². The Hall–Kier alpha value is -2.07. The predicted octanol–water partition coefficient (Wildman–Crippen LogP) is 2.97. The molecule has 0 aliphatic carbocycles. The molecule has 0 spiro atoms.